The Morgan fingerprint density at radius 1 is 0.971 bits per heavy atom. The number of nitrogens with one attached hydrogen (secondary N) is 1. The van der Waals surface area contributed by atoms with Crippen molar-refractivity contribution in [2.24, 2.45) is 0 Å². The molecule has 1 aromatic heterocycles. The van der Waals surface area contributed by atoms with E-state index in [1.165, 1.54) is 21.3 Å². The number of aromatic nitrogens is 2. The van der Waals surface area contributed by atoms with Crippen LogP contribution in [0.4, 0.5) is 27.8 Å². The third-order valence-corrected chi connectivity index (χ3v) is 5.07. The Kier molecular flexibility index (Phi) is 8.28. The van der Waals surface area contributed by atoms with Crippen molar-refractivity contribution in [3.05, 3.63) is 52.9 Å². The quantitative estimate of drug-likeness (QED) is 0.396. The van der Waals surface area contributed by atoms with Gasteiger partial charge in [0, 0.05) is 37.8 Å². The van der Waals surface area contributed by atoms with E-state index in [-0.39, 0.29) is 24.6 Å². The second-order valence-electron chi connectivity index (χ2n) is 7.54. The van der Waals surface area contributed by atoms with E-state index in [4.69, 9.17) is 18.9 Å². The van der Waals surface area contributed by atoms with E-state index in [1.807, 2.05) is 0 Å². The van der Waals surface area contributed by atoms with Gasteiger partial charge < -0.3 is 24.3 Å². The molecule has 1 atom stereocenters. The van der Waals surface area contributed by atoms with Crippen LogP contribution >= 0.6 is 0 Å². The highest BCUT2D eigenvalue weighted by atomic mass is 19.4. The number of nitrogens with zero attached hydrogens (tertiary/aromatic N) is 2. The summed E-state index contributed by atoms with van der Waals surface area (Å²) in [4.78, 5) is 8.62. The average Bonchev–Trinajstić information content (AvgIpc) is 2.80. The first-order chi connectivity index (χ1) is 16.6. The third kappa shape index (κ3) is 6.25. The lowest BCUT2D eigenvalue weighted by Gasteiger charge is -2.18. The van der Waals surface area contributed by atoms with E-state index < -0.39 is 35.5 Å². The van der Waals surface area contributed by atoms with E-state index >= 15 is 0 Å². The topological polar surface area (TPSA) is 74.7 Å². The maximum Gasteiger partial charge on any atom is 0.419 e. The van der Waals surface area contributed by atoms with Crippen LogP contribution in [0.3, 0.4) is 0 Å². The molecule has 0 spiro atoms. The largest absolute Gasteiger partial charge is 0.493 e. The van der Waals surface area contributed by atoms with Gasteiger partial charge in [0.15, 0.2) is 11.5 Å². The van der Waals surface area contributed by atoms with Crippen LogP contribution in [0.15, 0.2) is 24.3 Å². The Morgan fingerprint density at radius 2 is 1.71 bits per heavy atom. The molecule has 1 unspecified atom stereocenters. The number of halogens is 5. The van der Waals surface area contributed by atoms with Gasteiger partial charge >= 0.3 is 6.18 Å². The Labute approximate surface area is 198 Å². The molecule has 0 saturated carbocycles. The van der Waals surface area contributed by atoms with E-state index in [2.05, 4.69) is 15.3 Å². The maximum atomic E-state index is 14.5. The second kappa shape index (κ2) is 11.0. The lowest BCUT2D eigenvalue weighted by atomic mass is 10.1. The van der Waals surface area contributed by atoms with Gasteiger partial charge in [0.1, 0.15) is 36.0 Å². The van der Waals surface area contributed by atoms with E-state index in [0.717, 1.165) is 0 Å². The van der Waals surface area contributed by atoms with E-state index in [0.29, 0.717) is 40.9 Å². The summed E-state index contributed by atoms with van der Waals surface area (Å²) in [5.41, 5.74) is -1.74. The molecule has 35 heavy (non-hydrogen) atoms. The first kappa shape index (κ1) is 26.4. The molecule has 0 radical (unpaired) electrons. The van der Waals surface area contributed by atoms with Crippen LogP contribution in [-0.4, -0.2) is 50.6 Å². The fraction of sp³-hybridized carbons (Fsp3) is 0.391. The summed E-state index contributed by atoms with van der Waals surface area (Å²) in [7, 11) is 4.49. The van der Waals surface area contributed by atoms with Crippen LogP contribution in [0.25, 0.3) is 10.9 Å². The monoisotopic (exact) mass is 501 g/mol. The molecule has 0 aliphatic rings. The highest BCUT2D eigenvalue weighted by Gasteiger charge is 2.35. The third-order valence-electron chi connectivity index (χ3n) is 5.07. The molecule has 3 aromatic rings. The summed E-state index contributed by atoms with van der Waals surface area (Å²) in [6.45, 7) is 1.58. The number of hydrogen-bond acceptors (Lipinski definition) is 7. The highest BCUT2D eigenvalue weighted by Crippen LogP contribution is 2.36. The lowest BCUT2D eigenvalue weighted by molar-refractivity contribution is -0.140. The normalized spacial score (nSPS) is 12.6. The predicted molar refractivity (Wildman–Crippen MR) is 118 cm³/mol. The molecule has 0 fully saturated rings. The molecule has 3 rings (SSSR count). The number of methoxy groups -OCH3 is 3. The molecular formula is C23H24F5N3O4. The Morgan fingerprint density at radius 3 is 2.34 bits per heavy atom. The predicted octanol–water partition coefficient (Wildman–Crippen LogP) is 4.90. The van der Waals surface area contributed by atoms with Gasteiger partial charge in [-0.3, -0.25) is 0 Å². The Bertz CT molecular complexity index is 1190. The van der Waals surface area contributed by atoms with Crippen molar-refractivity contribution < 1.29 is 40.9 Å². The van der Waals surface area contributed by atoms with Crippen LogP contribution in [0.1, 0.15) is 17.0 Å². The lowest BCUT2D eigenvalue weighted by Crippen LogP contribution is -2.25. The van der Waals surface area contributed by atoms with Crippen molar-refractivity contribution >= 4 is 16.7 Å². The van der Waals surface area contributed by atoms with Crippen molar-refractivity contribution in [1.82, 2.24) is 9.97 Å². The first-order valence-corrected chi connectivity index (χ1v) is 10.4. The molecule has 12 heteroatoms. The fourth-order valence-electron chi connectivity index (χ4n) is 3.37. The minimum Gasteiger partial charge on any atom is -0.493 e. The fourth-order valence-corrected chi connectivity index (χ4v) is 3.37. The van der Waals surface area contributed by atoms with Gasteiger partial charge in [-0.15, -0.1) is 0 Å². The molecule has 2 aromatic carbocycles. The maximum absolute atomic E-state index is 14.5. The zero-order valence-electron chi connectivity index (χ0n) is 19.4. The number of hydrogen-bond donors (Lipinski definition) is 1. The molecule has 1 heterocycles. The van der Waals surface area contributed by atoms with Crippen molar-refractivity contribution in [2.75, 3.05) is 39.9 Å². The minimum absolute atomic E-state index is 0.121. The zero-order chi connectivity index (χ0) is 25.8. The van der Waals surface area contributed by atoms with Crippen LogP contribution in [0.5, 0.6) is 11.5 Å². The number of fused-ring (bicyclic) bond motifs is 1. The number of rotatable bonds is 10. The molecule has 0 aliphatic heterocycles. The summed E-state index contributed by atoms with van der Waals surface area (Å²) < 4.78 is 89.0. The van der Waals surface area contributed by atoms with Gasteiger partial charge in [-0.05, 0) is 25.1 Å². The summed E-state index contributed by atoms with van der Waals surface area (Å²) in [5.74, 6) is -1.53. The number of benzene rings is 2. The van der Waals surface area contributed by atoms with Crippen LogP contribution in [0, 0.1) is 18.6 Å². The van der Waals surface area contributed by atoms with Gasteiger partial charge in [-0.1, -0.05) is 0 Å². The summed E-state index contributed by atoms with van der Waals surface area (Å²) >= 11 is 0. The van der Waals surface area contributed by atoms with Crippen LogP contribution in [0.2, 0.25) is 0 Å². The molecule has 7 nitrogen and oxygen atoms in total. The molecule has 1 N–H and O–H groups in total. The minimum atomic E-state index is -5.04. The van der Waals surface area contributed by atoms with Crippen LogP contribution < -0.4 is 14.8 Å². The van der Waals surface area contributed by atoms with Crippen molar-refractivity contribution in [3.63, 3.8) is 0 Å². The standard InChI is InChI=1S/C23H24F5N3O4/c1-12-30-18-8-19(34-4)20(35-11-15(33-3)10-32-2)7-16(18)22(31-12)29-9-13-5-14(24)6-17(21(13)25)23(26,27)28/h5-8,15H,9-11H2,1-4H3,(H,29,30,31). The number of aryl methyl sites for hydroxylation is 1. The van der Waals surface area contributed by atoms with Crippen LogP contribution in [-0.2, 0) is 22.2 Å². The van der Waals surface area contributed by atoms with Crippen molar-refractivity contribution in [2.45, 2.75) is 25.7 Å². The van der Waals surface area contributed by atoms with Gasteiger partial charge in [-0.2, -0.15) is 13.2 Å². The SMILES string of the molecule is COCC(COc1cc2c(NCc3cc(F)cc(C(F)(F)F)c3F)nc(C)nc2cc1OC)OC. The molecule has 0 aliphatic carbocycles. The van der Waals surface area contributed by atoms with E-state index in [9.17, 15) is 22.0 Å². The summed E-state index contributed by atoms with van der Waals surface area (Å²) in [6.07, 6.45) is -5.39. The number of ether oxygens (including phenoxy) is 4. The Balaban J connectivity index is 1.96. The second-order valence-corrected chi connectivity index (χ2v) is 7.54. The summed E-state index contributed by atoms with van der Waals surface area (Å²) in [6, 6.07) is 4.01. The molecular weight excluding hydrogens is 477 g/mol. The molecule has 190 valence electrons. The van der Waals surface area contributed by atoms with Gasteiger partial charge in [0.05, 0.1) is 24.8 Å². The Hall–Kier alpha value is -3.25. The number of anilines is 1. The van der Waals surface area contributed by atoms with Gasteiger partial charge in [0.2, 0.25) is 0 Å². The zero-order valence-corrected chi connectivity index (χ0v) is 19.4. The summed E-state index contributed by atoms with van der Waals surface area (Å²) in [5, 5.41) is 3.22. The van der Waals surface area contributed by atoms with E-state index in [1.54, 1.807) is 19.1 Å². The molecule has 0 amide bonds. The smallest absolute Gasteiger partial charge is 0.419 e. The highest BCUT2D eigenvalue weighted by molar-refractivity contribution is 5.91. The van der Waals surface area contributed by atoms with Crippen molar-refractivity contribution in [1.29, 1.82) is 0 Å². The van der Waals surface area contributed by atoms with Crippen molar-refractivity contribution in [3.8, 4) is 11.5 Å². The molecule has 0 saturated heterocycles. The number of alkyl halides is 3. The van der Waals surface area contributed by atoms with Gasteiger partial charge in [-0.25, -0.2) is 18.7 Å². The van der Waals surface area contributed by atoms with Gasteiger partial charge in [0.25, 0.3) is 0 Å². The average molecular weight is 501 g/mol. The first-order valence-electron chi connectivity index (χ1n) is 10.4. The molecule has 0 bridgehead atoms.